The fourth-order valence-corrected chi connectivity index (χ4v) is 6.35. The summed E-state index contributed by atoms with van der Waals surface area (Å²) in [7, 11) is 1.58. The van der Waals surface area contributed by atoms with Gasteiger partial charge in [-0.1, -0.05) is 11.3 Å². The lowest BCUT2D eigenvalue weighted by atomic mass is 10.1. The number of thiazole rings is 1. The van der Waals surface area contributed by atoms with Crippen LogP contribution in [-0.4, -0.2) is 90.2 Å². The molecular weight excluding hydrogens is 478 g/mol. The van der Waals surface area contributed by atoms with Crippen LogP contribution < -0.4 is 15.5 Å². The molecule has 10 nitrogen and oxygen atoms in total. The molecule has 0 unspecified atom stereocenters. The number of nitrogens with zero attached hydrogens (tertiary/aromatic N) is 5. The van der Waals surface area contributed by atoms with Gasteiger partial charge < -0.3 is 19.9 Å². The van der Waals surface area contributed by atoms with Crippen LogP contribution in [0.4, 0.5) is 15.7 Å². The van der Waals surface area contributed by atoms with Crippen molar-refractivity contribution in [2.45, 2.75) is 45.3 Å². The van der Waals surface area contributed by atoms with Gasteiger partial charge in [-0.05, 0) is 44.2 Å². The SMILES string of the molecule is CNC(=O)Nc1nc(C)c(-c2cc3c(c(N4CCN(C5COC5)CC4)n2)C(=O)N([C@@H](C)C2CC2)C3)s1. The molecule has 0 aromatic carbocycles. The van der Waals surface area contributed by atoms with Gasteiger partial charge >= 0.3 is 6.03 Å². The van der Waals surface area contributed by atoms with Crippen molar-refractivity contribution in [1.82, 2.24) is 25.1 Å². The summed E-state index contributed by atoms with van der Waals surface area (Å²) in [6.45, 7) is 9.89. The van der Waals surface area contributed by atoms with Crippen LogP contribution in [-0.2, 0) is 11.3 Å². The van der Waals surface area contributed by atoms with Gasteiger partial charge in [0.1, 0.15) is 5.82 Å². The molecule has 0 radical (unpaired) electrons. The third kappa shape index (κ3) is 4.22. The van der Waals surface area contributed by atoms with Crippen molar-refractivity contribution in [2.24, 2.45) is 5.92 Å². The molecular formula is C25H33N7O3S. The van der Waals surface area contributed by atoms with Crippen LogP contribution in [0, 0.1) is 12.8 Å². The van der Waals surface area contributed by atoms with E-state index in [1.807, 2.05) is 11.8 Å². The maximum atomic E-state index is 13.7. The van der Waals surface area contributed by atoms with Gasteiger partial charge in [0, 0.05) is 45.8 Å². The molecule has 36 heavy (non-hydrogen) atoms. The predicted molar refractivity (Wildman–Crippen MR) is 139 cm³/mol. The topological polar surface area (TPSA) is 103 Å². The summed E-state index contributed by atoms with van der Waals surface area (Å²) in [6.07, 6.45) is 2.40. The lowest BCUT2D eigenvalue weighted by Crippen LogP contribution is -2.57. The van der Waals surface area contributed by atoms with Gasteiger partial charge in [-0.2, -0.15) is 0 Å². The van der Waals surface area contributed by atoms with Gasteiger partial charge in [0.2, 0.25) is 0 Å². The summed E-state index contributed by atoms with van der Waals surface area (Å²) in [5.41, 5.74) is 3.42. The van der Waals surface area contributed by atoms with E-state index in [9.17, 15) is 9.59 Å². The fourth-order valence-electron chi connectivity index (χ4n) is 5.43. The summed E-state index contributed by atoms with van der Waals surface area (Å²) in [5.74, 6) is 1.50. The number of carbonyl (C=O) groups is 2. The second-order valence-electron chi connectivity index (χ2n) is 10.2. The highest BCUT2D eigenvalue weighted by Gasteiger charge is 2.41. The molecule has 1 aliphatic carbocycles. The Bertz CT molecular complexity index is 1180. The first kappa shape index (κ1) is 23.6. The van der Waals surface area contributed by atoms with Crippen LogP contribution in [0.25, 0.3) is 10.6 Å². The molecule has 11 heteroatoms. The number of carbonyl (C=O) groups excluding carboxylic acids is 2. The summed E-state index contributed by atoms with van der Waals surface area (Å²) in [6, 6.07) is 2.51. The van der Waals surface area contributed by atoms with Gasteiger partial charge in [0.05, 0.1) is 41.1 Å². The second kappa shape index (κ2) is 9.28. The van der Waals surface area contributed by atoms with Crippen molar-refractivity contribution >= 4 is 34.2 Å². The van der Waals surface area contributed by atoms with Gasteiger partial charge in [0.15, 0.2) is 5.13 Å². The fraction of sp³-hybridized carbons (Fsp3) is 0.600. The van der Waals surface area contributed by atoms with E-state index in [0.717, 1.165) is 72.6 Å². The summed E-state index contributed by atoms with van der Waals surface area (Å²) in [4.78, 5) is 42.9. The quantitative estimate of drug-likeness (QED) is 0.614. The van der Waals surface area contributed by atoms with Gasteiger partial charge in [-0.3, -0.25) is 15.0 Å². The lowest BCUT2D eigenvalue weighted by Gasteiger charge is -2.43. The average Bonchev–Trinajstić information content (AvgIpc) is 3.56. The molecule has 3 fully saturated rings. The zero-order chi connectivity index (χ0) is 25.0. The average molecular weight is 512 g/mol. The Morgan fingerprint density at radius 2 is 1.94 bits per heavy atom. The zero-order valence-corrected chi connectivity index (χ0v) is 21.9. The number of nitrogens with one attached hydrogen (secondary N) is 2. The van der Waals surface area contributed by atoms with E-state index in [0.29, 0.717) is 23.6 Å². The minimum absolute atomic E-state index is 0.108. The molecule has 4 aliphatic rings. The van der Waals surface area contributed by atoms with Crippen LogP contribution in [0.15, 0.2) is 6.07 Å². The Morgan fingerprint density at radius 1 is 1.19 bits per heavy atom. The highest BCUT2D eigenvalue weighted by Crippen LogP contribution is 2.42. The number of urea groups is 1. The van der Waals surface area contributed by atoms with Crippen LogP contribution in [0.3, 0.4) is 0 Å². The first-order valence-corrected chi connectivity index (χ1v) is 13.6. The number of pyridine rings is 1. The van der Waals surface area contributed by atoms with Crippen molar-refractivity contribution in [3.63, 3.8) is 0 Å². The monoisotopic (exact) mass is 511 g/mol. The molecule has 2 N–H and O–H groups in total. The smallest absolute Gasteiger partial charge is 0.320 e. The molecule has 3 amide bonds. The van der Waals surface area contributed by atoms with E-state index < -0.39 is 0 Å². The van der Waals surface area contributed by atoms with Crippen LogP contribution in [0.5, 0.6) is 0 Å². The molecule has 1 atom stereocenters. The van der Waals surface area contributed by atoms with Gasteiger partial charge in [-0.25, -0.2) is 14.8 Å². The number of anilines is 2. The summed E-state index contributed by atoms with van der Waals surface area (Å²) < 4.78 is 5.39. The third-order valence-electron chi connectivity index (χ3n) is 7.92. The number of amides is 3. The Balaban J connectivity index is 1.34. The highest BCUT2D eigenvalue weighted by molar-refractivity contribution is 7.19. The standard InChI is InChI=1S/C25H33N7O3S/c1-14-21(36-25(27-14)29-24(34)26-3)19-10-17-11-32(15(2)16-4-5-16)23(33)20(17)22(28-19)31-8-6-30(7-9-31)18-12-35-13-18/h10,15-16,18H,4-9,11-13H2,1-3H3,(H2,26,27,29,34)/t15-/m0/s1. The maximum Gasteiger partial charge on any atom is 0.320 e. The van der Waals surface area contributed by atoms with Gasteiger partial charge in [-0.15, -0.1) is 0 Å². The molecule has 192 valence electrons. The number of fused-ring (bicyclic) bond motifs is 1. The summed E-state index contributed by atoms with van der Waals surface area (Å²) >= 11 is 1.41. The van der Waals surface area contributed by atoms with Crippen LogP contribution in [0.1, 0.15) is 41.4 Å². The molecule has 2 aromatic heterocycles. The van der Waals surface area contributed by atoms with E-state index in [4.69, 9.17) is 9.72 Å². The Morgan fingerprint density at radius 3 is 2.58 bits per heavy atom. The number of hydrogen-bond donors (Lipinski definition) is 2. The van der Waals surface area contributed by atoms with Crippen LogP contribution >= 0.6 is 11.3 Å². The lowest BCUT2D eigenvalue weighted by molar-refractivity contribution is -0.0661. The van der Waals surface area contributed by atoms with E-state index in [1.165, 1.54) is 24.2 Å². The summed E-state index contributed by atoms with van der Waals surface area (Å²) in [5, 5.41) is 5.86. The first-order chi connectivity index (χ1) is 17.4. The minimum Gasteiger partial charge on any atom is -0.378 e. The zero-order valence-electron chi connectivity index (χ0n) is 21.0. The Labute approximate surface area is 215 Å². The van der Waals surface area contributed by atoms with E-state index in [1.54, 1.807) is 7.05 Å². The third-order valence-corrected chi connectivity index (χ3v) is 9.02. The number of ether oxygens (including phenoxy) is 1. The van der Waals surface area contributed by atoms with E-state index in [2.05, 4.69) is 38.4 Å². The molecule has 2 saturated heterocycles. The second-order valence-corrected chi connectivity index (χ2v) is 11.2. The first-order valence-electron chi connectivity index (χ1n) is 12.8. The van der Waals surface area contributed by atoms with Crippen molar-refractivity contribution in [3.8, 4) is 10.6 Å². The number of aryl methyl sites for hydroxylation is 1. The number of hydrogen-bond acceptors (Lipinski definition) is 8. The minimum atomic E-state index is -0.303. The number of piperazine rings is 1. The van der Waals surface area contributed by atoms with Crippen molar-refractivity contribution < 1.29 is 14.3 Å². The van der Waals surface area contributed by atoms with Crippen molar-refractivity contribution in [2.75, 3.05) is 56.7 Å². The number of aromatic nitrogens is 2. The normalized spacial score (nSPS) is 21.4. The molecule has 3 aliphatic heterocycles. The van der Waals surface area contributed by atoms with Crippen molar-refractivity contribution in [3.05, 3.63) is 22.9 Å². The Kier molecular flexibility index (Phi) is 6.09. The predicted octanol–water partition coefficient (Wildman–Crippen LogP) is 2.54. The Hall–Kier alpha value is -2.76. The van der Waals surface area contributed by atoms with E-state index in [-0.39, 0.29) is 18.0 Å². The molecule has 0 spiro atoms. The molecule has 1 saturated carbocycles. The van der Waals surface area contributed by atoms with Crippen molar-refractivity contribution in [1.29, 1.82) is 0 Å². The maximum absolute atomic E-state index is 13.7. The largest absolute Gasteiger partial charge is 0.378 e. The highest BCUT2D eigenvalue weighted by atomic mass is 32.1. The molecule has 0 bridgehead atoms. The van der Waals surface area contributed by atoms with E-state index >= 15 is 0 Å². The van der Waals surface area contributed by atoms with Gasteiger partial charge in [0.25, 0.3) is 5.91 Å². The van der Waals surface area contributed by atoms with Crippen LogP contribution in [0.2, 0.25) is 0 Å². The molecule has 2 aromatic rings. The molecule has 5 heterocycles. The number of rotatable bonds is 6. The molecule has 6 rings (SSSR count).